The minimum absolute atomic E-state index is 0.0340. The van der Waals surface area contributed by atoms with Gasteiger partial charge in [-0.1, -0.05) is 20.8 Å². The molecule has 4 rings (SSSR count). The minimum atomic E-state index is -0.399. The third-order valence-corrected chi connectivity index (χ3v) is 9.04. The van der Waals surface area contributed by atoms with Gasteiger partial charge in [0.15, 0.2) is 0 Å². The molecule has 4 saturated carbocycles. The Morgan fingerprint density at radius 3 is 2.70 bits per heavy atom. The Morgan fingerprint density at radius 2 is 2.00 bits per heavy atom. The van der Waals surface area contributed by atoms with Crippen LogP contribution in [-0.2, 0) is 9.53 Å². The fourth-order valence-corrected chi connectivity index (χ4v) is 7.72. The molecule has 27 heavy (non-hydrogen) atoms. The lowest BCUT2D eigenvalue weighted by Crippen LogP contribution is -2.60. The van der Waals surface area contributed by atoms with Gasteiger partial charge in [0.1, 0.15) is 5.78 Å². The molecular formula is C23H35NO3. The topological polar surface area (TPSA) is 70.3 Å². The van der Waals surface area contributed by atoms with Gasteiger partial charge in [-0.2, -0.15) is 5.26 Å². The van der Waals surface area contributed by atoms with Crippen molar-refractivity contribution >= 4 is 5.78 Å². The maximum atomic E-state index is 13.5. The zero-order valence-electron chi connectivity index (χ0n) is 17.1. The highest BCUT2D eigenvalue weighted by atomic mass is 16.5. The van der Waals surface area contributed by atoms with E-state index in [1.165, 1.54) is 0 Å². The zero-order valence-corrected chi connectivity index (χ0v) is 17.1. The molecule has 4 heteroatoms. The number of fused-ring (bicyclic) bond motifs is 5. The Bertz CT molecular complexity index is 642. The molecule has 0 bridgehead atoms. The second kappa shape index (κ2) is 6.85. The van der Waals surface area contributed by atoms with Crippen molar-refractivity contribution < 1.29 is 14.6 Å². The van der Waals surface area contributed by atoms with E-state index in [0.717, 1.165) is 44.9 Å². The van der Waals surface area contributed by atoms with Crippen LogP contribution in [0.15, 0.2) is 0 Å². The Morgan fingerprint density at radius 1 is 1.22 bits per heavy atom. The summed E-state index contributed by atoms with van der Waals surface area (Å²) in [6.45, 7) is 7.28. The van der Waals surface area contributed by atoms with E-state index in [0.29, 0.717) is 36.6 Å². The summed E-state index contributed by atoms with van der Waals surface area (Å²) >= 11 is 0. The Kier molecular flexibility index (Phi) is 4.92. The van der Waals surface area contributed by atoms with Gasteiger partial charge in [-0.3, -0.25) is 4.79 Å². The second-order valence-corrected chi connectivity index (χ2v) is 10.4. The summed E-state index contributed by atoms with van der Waals surface area (Å²) < 4.78 is 6.01. The van der Waals surface area contributed by atoms with Gasteiger partial charge in [0.05, 0.1) is 24.2 Å². The summed E-state index contributed by atoms with van der Waals surface area (Å²) in [6, 6.07) is 2.52. The van der Waals surface area contributed by atoms with Gasteiger partial charge >= 0.3 is 0 Å². The van der Waals surface area contributed by atoms with Gasteiger partial charge in [0, 0.05) is 18.9 Å². The first kappa shape index (κ1) is 19.4. The van der Waals surface area contributed by atoms with E-state index in [9.17, 15) is 15.2 Å². The van der Waals surface area contributed by atoms with Crippen molar-refractivity contribution in [2.75, 3.05) is 6.61 Å². The molecule has 4 aliphatic carbocycles. The number of aliphatic hydroxyl groups is 1. The van der Waals surface area contributed by atoms with Crippen molar-refractivity contribution in [3.8, 4) is 6.07 Å². The molecule has 4 fully saturated rings. The van der Waals surface area contributed by atoms with Crippen molar-refractivity contribution in [2.24, 2.45) is 40.4 Å². The van der Waals surface area contributed by atoms with Crippen LogP contribution in [0, 0.1) is 51.8 Å². The van der Waals surface area contributed by atoms with Crippen molar-refractivity contribution in [1.82, 2.24) is 0 Å². The normalized spacial score (nSPS) is 51.8. The molecule has 150 valence electrons. The number of rotatable bonds is 3. The lowest BCUT2D eigenvalue weighted by atomic mass is 9.44. The molecule has 0 saturated heterocycles. The number of ether oxygens (including phenoxy) is 1. The smallest absolute Gasteiger partial charge is 0.137 e. The van der Waals surface area contributed by atoms with Crippen LogP contribution >= 0.6 is 0 Å². The molecule has 0 spiro atoms. The van der Waals surface area contributed by atoms with Crippen LogP contribution in [0.2, 0.25) is 0 Å². The van der Waals surface area contributed by atoms with Gasteiger partial charge in [-0.05, 0) is 73.5 Å². The number of aliphatic hydroxyl groups excluding tert-OH is 1. The van der Waals surface area contributed by atoms with E-state index in [1.807, 2.05) is 0 Å². The van der Waals surface area contributed by atoms with Crippen LogP contribution in [0.25, 0.3) is 0 Å². The highest BCUT2D eigenvalue weighted by Crippen LogP contribution is 2.66. The van der Waals surface area contributed by atoms with Crippen molar-refractivity contribution in [3.05, 3.63) is 0 Å². The SMILES string of the molecule is CCCO[C@H]1C[C@@]2(C)[C@@H](CC[C@H]3[C@@H]4CC[C@H](C#N)[C@@]4(C)CC(=O)[C@@H]32)C[C@@H]1O. The molecule has 0 aromatic carbocycles. The molecule has 1 N–H and O–H groups in total. The Hall–Kier alpha value is -0.920. The third-order valence-electron chi connectivity index (χ3n) is 9.04. The van der Waals surface area contributed by atoms with Gasteiger partial charge in [0.25, 0.3) is 0 Å². The number of nitriles is 1. The summed E-state index contributed by atoms with van der Waals surface area (Å²) in [7, 11) is 0. The van der Waals surface area contributed by atoms with Crippen LogP contribution in [0.3, 0.4) is 0 Å². The summed E-state index contributed by atoms with van der Waals surface area (Å²) in [6.07, 6.45) is 6.80. The molecule has 0 aromatic rings. The number of Topliss-reactive ketones (excluding diaryl/α,β-unsaturated/α-hetero) is 1. The third kappa shape index (κ3) is 2.80. The largest absolute Gasteiger partial charge is 0.390 e. The molecule has 9 atom stereocenters. The zero-order chi connectivity index (χ0) is 19.4. The molecular weight excluding hydrogens is 338 g/mol. The van der Waals surface area contributed by atoms with Crippen molar-refractivity contribution in [2.45, 2.75) is 84.3 Å². The number of carbonyl (C=O) groups excluding carboxylic acids is 1. The summed E-state index contributed by atoms with van der Waals surface area (Å²) in [5.41, 5.74) is -0.188. The number of hydrogen-bond donors (Lipinski definition) is 1. The van der Waals surface area contributed by atoms with E-state index in [1.54, 1.807) is 0 Å². The predicted octanol–water partition coefficient (Wildman–Crippen LogP) is 4.11. The summed E-state index contributed by atoms with van der Waals surface area (Å²) in [5.74, 6) is 1.84. The summed E-state index contributed by atoms with van der Waals surface area (Å²) in [5, 5.41) is 20.3. The highest BCUT2D eigenvalue weighted by molar-refractivity contribution is 5.84. The average Bonchev–Trinajstić information content (AvgIpc) is 2.95. The van der Waals surface area contributed by atoms with Gasteiger partial charge < -0.3 is 9.84 Å². The fraction of sp³-hybridized carbons (Fsp3) is 0.913. The first-order chi connectivity index (χ1) is 12.8. The first-order valence-corrected chi connectivity index (χ1v) is 11.1. The average molecular weight is 374 g/mol. The molecule has 0 radical (unpaired) electrons. The Balaban J connectivity index is 1.63. The molecule has 0 heterocycles. The van der Waals surface area contributed by atoms with E-state index >= 15 is 0 Å². The van der Waals surface area contributed by atoms with Crippen LogP contribution in [-0.4, -0.2) is 29.7 Å². The molecule has 0 aromatic heterocycles. The molecule has 4 aliphatic rings. The molecule has 0 amide bonds. The maximum Gasteiger partial charge on any atom is 0.137 e. The van der Waals surface area contributed by atoms with E-state index in [4.69, 9.17) is 4.74 Å². The number of nitrogens with zero attached hydrogens (tertiary/aromatic N) is 1. The number of hydrogen-bond acceptors (Lipinski definition) is 4. The van der Waals surface area contributed by atoms with E-state index in [2.05, 4.69) is 26.8 Å². The quantitative estimate of drug-likeness (QED) is 0.808. The van der Waals surface area contributed by atoms with E-state index < -0.39 is 6.10 Å². The first-order valence-electron chi connectivity index (χ1n) is 11.1. The minimum Gasteiger partial charge on any atom is -0.390 e. The number of ketones is 1. The number of carbonyl (C=O) groups is 1. The summed E-state index contributed by atoms with van der Waals surface area (Å²) in [4.78, 5) is 13.5. The van der Waals surface area contributed by atoms with Crippen LogP contribution in [0.4, 0.5) is 0 Å². The van der Waals surface area contributed by atoms with E-state index in [-0.39, 0.29) is 28.8 Å². The standard InChI is InChI=1S/C23H35NO3/c1-4-9-27-20-12-23(3)14(10-18(20)25)5-7-16-17-8-6-15(13-24)22(17,2)11-19(26)21(16)23/h14-18,20-21,25H,4-12H2,1-3H3/t14-,15+,16-,17-,18-,20-,21+,22+,23-/m0/s1. The highest BCUT2D eigenvalue weighted by Gasteiger charge is 2.64. The van der Waals surface area contributed by atoms with Crippen molar-refractivity contribution in [3.63, 3.8) is 0 Å². The predicted molar refractivity (Wildman–Crippen MR) is 103 cm³/mol. The second-order valence-electron chi connectivity index (χ2n) is 10.4. The lowest BCUT2D eigenvalue weighted by molar-refractivity contribution is -0.179. The molecule has 0 aliphatic heterocycles. The van der Waals surface area contributed by atoms with Crippen LogP contribution < -0.4 is 0 Å². The van der Waals surface area contributed by atoms with Gasteiger partial charge in [-0.15, -0.1) is 0 Å². The molecule has 0 unspecified atom stereocenters. The monoisotopic (exact) mass is 373 g/mol. The van der Waals surface area contributed by atoms with Gasteiger partial charge in [0.2, 0.25) is 0 Å². The lowest BCUT2D eigenvalue weighted by Gasteiger charge is -2.60. The van der Waals surface area contributed by atoms with Crippen molar-refractivity contribution in [1.29, 1.82) is 5.26 Å². The molecule has 4 nitrogen and oxygen atoms in total. The van der Waals surface area contributed by atoms with Crippen LogP contribution in [0.1, 0.15) is 72.1 Å². The Labute approximate surface area is 163 Å². The maximum absolute atomic E-state index is 13.5. The fourth-order valence-electron chi connectivity index (χ4n) is 7.72. The van der Waals surface area contributed by atoms with Gasteiger partial charge in [-0.25, -0.2) is 0 Å². The van der Waals surface area contributed by atoms with Crippen LogP contribution in [0.5, 0.6) is 0 Å².